The molecule has 2 atom stereocenters. The molecular weight excluding hydrogens is 269 g/mol. The molecule has 0 spiro atoms. The van der Waals surface area contributed by atoms with Crippen LogP contribution >= 0.6 is 0 Å². The number of nitrogens with zero attached hydrogens (tertiary/aromatic N) is 1. The van der Waals surface area contributed by atoms with E-state index in [9.17, 15) is 18.3 Å². The highest BCUT2D eigenvalue weighted by atomic mass is 19.4. The highest BCUT2D eigenvalue weighted by molar-refractivity contribution is 5.47. The van der Waals surface area contributed by atoms with Crippen molar-refractivity contribution in [1.82, 2.24) is 4.90 Å². The third-order valence-corrected chi connectivity index (χ3v) is 3.37. The minimum Gasteiger partial charge on any atom is -0.381 e. The van der Waals surface area contributed by atoms with E-state index < -0.39 is 18.0 Å². The maximum absolute atomic E-state index is 12.6. The van der Waals surface area contributed by atoms with Crippen molar-refractivity contribution in [2.24, 2.45) is 0 Å². The summed E-state index contributed by atoms with van der Waals surface area (Å²) in [5.41, 5.74) is -0.219. The van der Waals surface area contributed by atoms with E-state index in [1.807, 2.05) is 4.90 Å². The van der Waals surface area contributed by atoms with Crippen molar-refractivity contribution in [1.29, 1.82) is 0 Å². The molecule has 2 unspecified atom stereocenters. The number of aliphatic hydroxyl groups excluding tert-OH is 1. The highest BCUT2D eigenvalue weighted by Crippen LogP contribution is 2.31. The fourth-order valence-electron chi connectivity index (χ4n) is 2.32. The Hall–Kier alpha value is -1.53. The van der Waals surface area contributed by atoms with Crippen LogP contribution in [-0.2, 0) is 6.18 Å². The first-order chi connectivity index (χ1) is 9.40. The van der Waals surface area contributed by atoms with E-state index in [0.717, 1.165) is 18.6 Å². The Morgan fingerprint density at radius 1 is 1.45 bits per heavy atom. The molecule has 1 heterocycles. The van der Waals surface area contributed by atoms with Gasteiger partial charge in [-0.05, 0) is 30.7 Å². The number of halogens is 3. The van der Waals surface area contributed by atoms with Gasteiger partial charge in [-0.15, -0.1) is 0 Å². The van der Waals surface area contributed by atoms with Gasteiger partial charge in [0.05, 0.1) is 5.56 Å². The first-order valence-electron chi connectivity index (χ1n) is 6.38. The minimum atomic E-state index is -4.33. The lowest BCUT2D eigenvalue weighted by Gasteiger charge is -2.20. The number of nitrogens with one attached hydrogen (secondary N) is 1. The molecule has 1 aromatic rings. The average molecular weight is 286 g/mol. The predicted molar refractivity (Wildman–Crippen MR) is 71.2 cm³/mol. The molecule has 0 aliphatic carbocycles. The van der Waals surface area contributed by atoms with E-state index in [1.165, 1.54) is 12.1 Å². The Balaban J connectivity index is 2.00. The van der Waals surface area contributed by atoms with Crippen LogP contribution in [0, 0.1) is 0 Å². The van der Waals surface area contributed by atoms with Crippen molar-refractivity contribution in [2.75, 3.05) is 18.4 Å². The van der Waals surface area contributed by atoms with Crippen LogP contribution in [0.5, 0.6) is 0 Å². The monoisotopic (exact) mass is 286 g/mol. The van der Waals surface area contributed by atoms with Gasteiger partial charge in [0, 0.05) is 24.8 Å². The Kier molecular flexibility index (Phi) is 4.35. The van der Waals surface area contributed by atoms with E-state index in [4.69, 9.17) is 0 Å². The van der Waals surface area contributed by atoms with Crippen molar-refractivity contribution >= 4 is 5.69 Å². The second kappa shape index (κ2) is 5.85. The lowest BCUT2D eigenvalue weighted by atomic mass is 10.1. The molecule has 110 valence electrons. The van der Waals surface area contributed by atoms with E-state index in [-0.39, 0.29) is 6.04 Å². The van der Waals surface area contributed by atoms with Gasteiger partial charge in [-0.2, -0.15) is 13.2 Å². The number of hydrogen-bond acceptors (Lipinski definition) is 3. The van der Waals surface area contributed by atoms with Gasteiger partial charge in [0.15, 0.2) is 0 Å². The lowest BCUT2D eigenvalue weighted by molar-refractivity contribution is -0.137. The number of hydrogen-bond donors (Lipinski definition) is 2. The third kappa shape index (κ3) is 3.52. The Morgan fingerprint density at radius 3 is 2.85 bits per heavy atom. The maximum atomic E-state index is 12.6. The molecule has 20 heavy (non-hydrogen) atoms. The van der Waals surface area contributed by atoms with Crippen LogP contribution in [0.2, 0.25) is 0 Å². The van der Waals surface area contributed by atoms with Gasteiger partial charge in [-0.25, -0.2) is 0 Å². The van der Waals surface area contributed by atoms with Crippen molar-refractivity contribution in [3.63, 3.8) is 0 Å². The second-order valence-electron chi connectivity index (χ2n) is 4.85. The molecule has 0 bridgehead atoms. The molecule has 0 amide bonds. The zero-order valence-corrected chi connectivity index (χ0v) is 10.9. The van der Waals surface area contributed by atoms with Crippen LogP contribution < -0.4 is 5.32 Å². The lowest BCUT2D eigenvalue weighted by Crippen LogP contribution is -2.33. The van der Waals surface area contributed by atoms with E-state index in [1.54, 1.807) is 6.07 Å². The molecule has 1 aliphatic rings. The maximum Gasteiger partial charge on any atom is 0.416 e. The zero-order chi connectivity index (χ0) is 14.8. The van der Waals surface area contributed by atoms with Crippen molar-refractivity contribution in [3.8, 4) is 0 Å². The number of benzene rings is 1. The first-order valence-corrected chi connectivity index (χ1v) is 6.38. The van der Waals surface area contributed by atoms with Gasteiger partial charge in [-0.3, -0.25) is 4.90 Å². The summed E-state index contributed by atoms with van der Waals surface area (Å²) >= 11 is 0. The molecule has 0 saturated carbocycles. The molecule has 1 aliphatic heterocycles. The minimum absolute atomic E-state index is 0.0214. The molecule has 2 N–H and O–H groups in total. The fourth-order valence-corrected chi connectivity index (χ4v) is 2.32. The van der Waals surface area contributed by atoms with Gasteiger partial charge < -0.3 is 10.4 Å². The Labute approximate surface area is 115 Å². The van der Waals surface area contributed by atoms with Gasteiger partial charge in [0.2, 0.25) is 0 Å². The van der Waals surface area contributed by atoms with Crippen LogP contribution in [0.3, 0.4) is 0 Å². The summed E-state index contributed by atoms with van der Waals surface area (Å²) in [7, 11) is 0. The molecule has 0 radical (unpaired) electrons. The number of alkyl halides is 3. The summed E-state index contributed by atoms with van der Waals surface area (Å²) in [6.45, 7) is 4.77. The van der Waals surface area contributed by atoms with Gasteiger partial charge in [0.25, 0.3) is 0 Å². The van der Waals surface area contributed by atoms with Gasteiger partial charge in [0.1, 0.15) is 6.23 Å². The van der Waals surface area contributed by atoms with Crippen molar-refractivity contribution in [3.05, 3.63) is 42.5 Å². The normalized spacial score (nSPS) is 21.7. The summed E-state index contributed by atoms with van der Waals surface area (Å²) in [5, 5.41) is 12.7. The van der Waals surface area contributed by atoms with Crippen molar-refractivity contribution in [2.45, 2.75) is 24.9 Å². The predicted octanol–water partition coefficient (Wildman–Crippen LogP) is 2.70. The van der Waals surface area contributed by atoms with E-state index in [2.05, 4.69) is 11.9 Å². The number of likely N-dealkylation sites (tertiary alicyclic amines) is 1. The molecule has 0 aromatic heterocycles. The van der Waals surface area contributed by atoms with E-state index >= 15 is 0 Å². The van der Waals surface area contributed by atoms with Gasteiger partial charge in [-0.1, -0.05) is 12.6 Å². The standard InChI is InChI=1S/C14H17F3N2O/c1-2-13(20)19-7-6-12(9-19)18-11-5-3-4-10(8-11)14(15,16)17/h2-5,8,12-13,18,20H,1,6-7,9H2. The Bertz CT molecular complexity index is 476. The quantitative estimate of drug-likeness (QED) is 0.835. The van der Waals surface area contributed by atoms with E-state index in [0.29, 0.717) is 18.8 Å². The van der Waals surface area contributed by atoms with Crippen LogP contribution in [0.25, 0.3) is 0 Å². The fraction of sp³-hybridized carbons (Fsp3) is 0.429. The summed E-state index contributed by atoms with van der Waals surface area (Å²) in [4.78, 5) is 1.82. The van der Waals surface area contributed by atoms with Crippen LogP contribution in [0.4, 0.5) is 18.9 Å². The highest BCUT2D eigenvalue weighted by Gasteiger charge is 2.31. The van der Waals surface area contributed by atoms with Gasteiger partial charge >= 0.3 is 6.18 Å². The summed E-state index contributed by atoms with van der Waals surface area (Å²) < 4.78 is 37.8. The van der Waals surface area contributed by atoms with Crippen LogP contribution in [0.15, 0.2) is 36.9 Å². The summed E-state index contributed by atoms with van der Waals surface area (Å²) in [6, 6.07) is 5.17. The number of aliphatic hydroxyl groups is 1. The molecule has 2 rings (SSSR count). The molecule has 1 saturated heterocycles. The molecule has 6 heteroatoms. The molecule has 1 fully saturated rings. The molecular formula is C14H17F3N2O. The molecule has 3 nitrogen and oxygen atoms in total. The van der Waals surface area contributed by atoms with Crippen LogP contribution in [0.1, 0.15) is 12.0 Å². The third-order valence-electron chi connectivity index (χ3n) is 3.37. The zero-order valence-electron chi connectivity index (χ0n) is 10.9. The first kappa shape index (κ1) is 14.9. The second-order valence-corrected chi connectivity index (χ2v) is 4.85. The molecule has 1 aromatic carbocycles. The van der Waals surface area contributed by atoms with Crippen molar-refractivity contribution < 1.29 is 18.3 Å². The number of anilines is 1. The Morgan fingerprint density at radius 2 is 2.20 bits per heavy atom. The SMILES string of the molecule is C=CC(O)N1CCC(Nc2cccc(C(F)(F)F)c2)C1. The topological polar surface area (TPSA) is 35.5 Å². The van der Waals surface area contributed by atoms with Crippen LogP contribution in [-0.4, -0.2) is 35.4 Å². The smallest absolute Gasteiger partial charge is 0.381 e. The number of rotatable bonds is 4. The summed E-state index contributed by atoms with van der Waals surface area (Å²) in [6.07, 6.45) is -2.84. The largest absolute Gasteiger partial charge is 0.416 e. The summed E-state index contributed by atoms with van der Waals surface area (Å²) in [5.74, 6) is 0. The average Bonchev–Trinajstić information content (AvgIpc) is 2.85.